The van der Waals surface area contributed by atoms with Gasteiger partial charge in [-0.3, -0.25) is 0 Å². The first kappa shape index (κ1) is 21.6. The molecule has 0 saturated carbocycles. The minimum absolute atomic E-state index is 0.0185. The Bertz CT molecular complexity index is 1290. The van der Waals surface area contributed by atoms with Gasteiger partial charge in [0.15, 0.2) is 11.5 Å². The lowest BCUT2D eigenvalue weighted by Crippen LogP contribution is -2.34. The van der Waals surface area contributed by atoms with Crippen molar-refractivity contribution in [1.29, 1.82) is 0 Å². The predicted octanol–water partition coefficient (Wildman–Crippen LogP) is 4.65. The van der Waals surface area contributed by atoms with Crippen LogP contribution in [0.25, 0.3) is 0 Å². The standard InChI is InChI=1S/C26H24N2O6/c1-31-16-8-6-7-15(13-16)19-14-20-17-9-4-5-10-21(17)34-25(28(20)27-19)18-11-12-22(32-2)24(33-3)23(18)26(29)30/h4-13,20,25H,14H2,1-3H3,(H,29,30)/t20-,25+/m0/s1. The van der Waals surface area contributed by atoms with Crippen molar-refractivity contribution in [3.63, 3.8) is 0 Å². The molecular formula is C26H24N2O6. The lowest BCUT2D eigenvalue weighted by molar-refractivity contribution is -0.0199. The van der Waals surface area contributed by atoms with Crippen LogP contribution in [0.1, 0.15) is 45.7 Å². The van der Waals surface area contributed by atoms with E-state index in [4.69, 9.17) is 24.0 Å². The zero-order valence-corrected chi connectivity index (χ0v) is 19.0. The van der Waals surface area contributed by atoms with E-state index in [1.165, 1.54) is 14.2 Å². The fraction of sp³-hybridized carbons (Fsp3) is 0.231. The number of nitrogens with zero attached hydrogens (tertiary/aromatic N) is 2. The molecule has 0 aromatic heterocycles. The minimum Gasteiger partial charge on any atom is -0.497 e. The number of ether oxygens (including phenoxy) is 4. The van der Waals surface area contributed by atoms with E-state index in [9.17, 15) is 9.90 Å². The van der Waals surface area contributed by atoms with E-state index in [1.54, 1.807) is 19.2 Å². The summed E-state index contributed by atoms with van der Waals surface area (Å²) in [6.45, 7) is 0. The summed E-state index contributed by atoms with van der Waals surface area (Å²) in [7, 11) is 4.52. The maximum absolute atomic E-state index is 12.3. The van der Waals surface area contributed by atoms with E-state index in [1.807, 2.05) is 53.5 Å². The van der Waals surface area contributed by atoms with Crippen LogP contribution in [0.4, 0.5) is 0 Å². The first-order chi connectivity index (χ1) is 16.5. The molecule has 0 fully saturated rings. The van der Waals surface area contributed by atoms with Crippen molar-refractivity contribution in [2.75, 3.05) is 21.3 Å². The third kappa shape index (κ3) is 3.48. The van der Waals surface area contributed by atoms with Crippen molar-refractivity contribution in [2.24, 2.45) is 5.10 Å². The summed E-state index contributed by atoms with van der Waals surface area (Å²) >= 11 is 0. The van der Waals surface area contributed by atoms with Gasteiger partial charge in [-0.1, -0.05) is 30.3 Å². The zero-order valence-electron chi connectivity index (χ0n) is 19.0. The lowest BCUT2D eigenvalue weighted by atomic mass is 9.95. The average molecular weight is 460 g/mol. The number of fused-ring (bicyclic) bond motifs is 3. The number of carbonyl (C=O) groups is 1. The maximum Gasteiger partial charge on any atom is 0.340 e. The van der Waals surface area contributed by atoms with Crippen molar-refractivity contribution in [2.45, 2.75) is 18.7 Å². The van der Waals surface area contributed by atoms with Gasteiger partial charge < -0.3 is 24.1 Å². The van der Waals surface area contributed by atoms with Gasteiger partial charge in [-0.2, -0.15) is 5.10 Å². The van der Waals surface area contributed by atoms with Gasteiger partial charge in [-0.05, 0) is 30.3 Å². The summed E-state index contributed by atoms with van der Waals surface area (Å²) in [5, 5.41) is 16.8. The van der Waals surface area contributed by atoms with Gasteiger partial charge in [-0.25, -0.2) is 9.80 Å². The van der Waals surface area contributed by atoms with Gasteiger partial charge in [0.25, 0.3) is 0 Å². The molecule has 174 valence electrons. The van der Waals surface area contributed by atoms with Crippen LogP contribution in [0.15, 0.2) is 65.8 Å². The second-order valence-corrected chi connectivity index (χ2v) is 7.96. The molecule has 0 unspecified atom stereocenters. The molecule has 3 aromatic carbocycles. The predicted molar refractivity (Wildman–Crippen MR) is 125 cm³/mol. The molecule has 0 saturated heterocycles. The largest absolute Gasteiger partial charge is 0.497 e. The third-order valence-corrected chi connectivity index (χ3v) is 6.16. The average Bonchev–Trinajstić information content (AvgIpc) is 3.33. The number of carboxylic acid groups (broad SMARTS) is 1. The molecule has 0 aliphatic carbocycles. The quantitative estimate of drug-likeness (QED) is 0.573. The summed E-state index contributed by atoms with van der Waals surface area (Å²) in [5.74, 6) is 0.773. The molecule has 2 aliphatic heterocycles. The second kappa shape index (κ2) is 8.62. The highest BCUT2D eigenvalue weighted by Crippen LogP contribution is 2.49. The maximum atomic E-state index is 12.3. The van der Waals surface area contributed by atoms with Crippen LogP contribution >= 0.6 is 0 Å². The van der Waals surface area contributed by atoms with Crippen LogP contribution in [0.3, 0.4) is 0 Å². The van der Waals surface area contributed by atoms with Crippen LogP contribution in [0.2, 0.25) is 0 Å². The lowest BCUT2D eigenvalue weighted by Gasteiger charge is -2.38. The van der Waals surface area contributed by atoms with Crippen molar-refractivity contribution < 1.29 is 28.8 Å². The highest BCUT2D eigenvalue weighted by atomic mass is 16.5. The fourth-order valence-electron chi connectivity index (χ4n) is 4.59. The van der Waals surface area contributed by atoms with Crippen LogP contribution in [-0.4, -0.2) is 43.1 Å². The minimum atomic E-state index is -1.14. The summed E-state index contributed by atoms with van der Waals surface area (Å²) in [6.07, 6.45) is -0.131. The molecule has 0 spiro atoms. The highest BCUT2D eigenvalue weighted by Gasteiger charge is 2.43. The molecule has 1 N–H and O–H groups in total. The topological polar surface area (TPSA) is 89.8 Å². The molecule has 0 amide bonds. The van der Waals surface area contributed by atoms with Gasteiger partial charge in [0, 0.05) is 23.1 Å². The van der Waals surface area contributed by atoms with Crippen LogP contribution < -0.4 is 18.9 Å². The Balaban J connectivity index is 1.66. The molecular weight excluding hydrogens is 436 g/mol. The molecule has 2 atom stereocenters. The van der Waals surface area contributed by atoms with E-state index in [0.29, 0.717) is 23.5 Å². The van der Waals surface area contributed by atoms with Crippen LogP contribution in [0, 0.1) is 0 Å². The Hall–Kier alpha value is -4.20. The van der Waals surface area contributed by atoms with Crippen LogP contribution in [0.5, 0.6) is 23.0 Å². The molecule has 0 bridgehead atoms. The molecule has 5 rings (SSSR count). The monoisotopic (exact) mass is 460 g/mol. The third-order valence-electron chi connectivity index (χ3n) is 6.16. The summed E-state index contributed by atoms with van der Waals surface area (Å²) in [5.41, 5.74) is 3.22. The Kier molecular flexibility index (Phi) is 5.49. The number of hydrazone groups is 1. The Morgan fingerprint density at radius 1 is 1.00 bits per heavy atom. The van der Waals surface area contributed by atoms with Gasteiger partial charge >= 0.3 is 5.97 Å². The van der Waals surface area contributed by atoms with E-state index < -0.39 is 12.2 Å². The molecule has 2 aliphatic rings. The van der Waals surface area contributed by atoms with Gasteiger partial charge in [-0.15, -0.1) is 0 Å². The number of carboxylic acids is 1. The Labute approximate surface area is 196 Å². The number of hydrogen-bond acceptors (Lipinski definition) is 7. The van der Waals surface area contributed by atoms with Crippen molar-refractivity contribution in [3.05, 3.63) is 82.9 Å². The van der Waals surface area contributed by atoms with E-state index >= 15 is 0 Å². The molecule has 3 aromatic rings. The zero-order chi connectivity index (χ0) is 23.8. The van der Waals surface area contributed by atoms with Gasteiger partial charge in [0.1, 0.15) is 17.1 Å². The van der Waals surface area contributed by atoms with E-state index in [2.05, 4.69) is 0 Å². The Morgan fingerprint density at radius 3 is 2.56 bits per heavy atom. The van der Waals surface area contributed by atoms with Crippen molar-refractivity contribution >= 4 is 11.7 Å². The normalized spacial score (nSPS) is 18.3. The number of hydrogen-bond donors (Lipinski definition) is 1. The highest BCUT2D eigenvalue weighted by molar-refractivity contribution is 6.02. The number of methoxy groups -OCH3 is 3. The smallest absolute Gasteiger partial charge is 0.340 e. The second-order valence-electron chi connectivity index (χ2n) is 7.96. The van der Waals surface area contributed by atoms with E-state index in [-0.39, 0.29) is 17.4 Å². The van der Waals surface area contributed by atoms with Gasteiger partial charge in [0.2, 0.25) is 6.23 Å². The van der Waals surface area contributed by atoms with Gasteiger partial charge in [0.05, 0.1) is 33.1 Å². The molecule has 34 heavy (non-hydrogen) atoms. The fourth-order valence-corrected chi connectivity index (χ4v) is 4.59. The molecule has 2 heterocycles. The summed E-state index contributed by atoms with van der Waals surface area (Å²) in [4.78, 5) is 12.3. The number of benzene rings is 3. The number of para-hydroxylation sites is 1. The molecule has 8 heteroatoms. The summed E-state index contributed by atoms with van der Waals surface area (Å²) < 4.78 is 22.5. The van der Waals surface area contributed by atoms with Crippen LogP contribution in [-0.2, 0) is 0 Å². The first-order valence-corrected chi connectivity index (χ1v) is 10.8. The number of rotatable bonds is 6. The SMILES string of the molecule is COc1cccc(C2=NN3[C@@H](c4ccc(OC)c(OC)c4C(=O)O)Oc4ccccc4[C@@H]3C2)c1. The molecule has 0 radical (unpaired) electrons. The number of aromatic carboxylic acids is 1. The summed E-state index contributed by atoms with van der Waals surface area (Å²) in [6, 6.07) is 18.8. The Morgan fingerprint density at radius 2 is 1.82 bits per heavy atom. The van der Waals surface area contributed by atoms with Crippen molar-refractivity contribution in [3.8, 4) is 23.0 Å². The first-order valence-electron chi connectivity index (χ1n) is 10.8. The molecule has 8 nitrogen and oxygen atoms in total. The van der Waals surface area contributed by atoms with E-state index in [0.717, 1.165) is 22.6 Å². The van der Waals surface area contributed by atoms with Crippen molar-refractivity contribution in [1.82, 2.24) is 5.01 Å².